The Morgan fingerprint density at radius 1 is 1.30 bits per heavy atom. The topological polar surface area (TPSA) is 99.0 Å². The van der Waals surface area contributed by atoms with Gasteiger partial charge in [-0.1, -0.05) is 6.07 Å². The van der Waals surface area contributed by atoms with Gasteiger partial charge in [-0.3, -0.25) is 9.59 Å². The summed E-state index contributed by atoms with van der Waals surface area (Å²) in [5.74, 6) is 0.644. The molecule has 1 unspecified atom stereocenters. The number of fused-ring (bicyclic) bond motifs is 1. The molecule has 1 N–H and O–H groups in total. The third-order valence-corrected chi connectivity index (χ3v) is 3.89. The highest BCUT2D eigenvalue weighted by molar-refractivity contribution is 6.01. The molecule has 23 heavy (non-hydrogen) atoms. The molecule has 0 bridgehead atoms. The predicted octanol–water partition coefficient (Wildman–Crippen LogP) is 1.05. The molecule has 3 heterocycles. The minimum absolute atomic E-state index is 0.173. The van der Waals surface area contributed by atoms with Crippen molar-refractivity contribution in [2.75, 3.05) is 12.4 Å². The van der Waals surface area contributed by atoms with Crippen LogP contribution in [0, 0.1) is 5.92 Å². The number of nitrogens with one attached hydrogen (secondary N) is 1. The second-order valence-corrected chi connectivity index (χ2v) is 5.31. The summed E-state index contributed by atoms with van der Waals surface area (Å²) < 4.78 is 6.57. The maximum absolute atomic E-state index is 12.4. The van der Waals surface area contributed by atoms with Gasteiger partial charge in [0.05, 0.1) is 13.0 Å². The molecule has 8 heteroatoms. The largest absolute Gasteiger partial charge is 0.469 e. The molecule has 1 amide bonds. The Labute approximate surface area is 132 Å². The summed E-state index contributed by atoms with van der Waals surface area (Å²) in [6.07, 6.45) is 3.43. The van der Waals surface area contributed by atoms with E-state index < -0.39 is 0 Å². The average molecular weight is 315 g/mol. The van der Waals surface area contributed by atoms with Gasteiger partial charge >= 0.3 is 5.97 Å². The molecule has 0 fully saturated rings. The van der Waals surface area contributed by atoms with Crippen LogP contribution in [0.15, 0.2) is 24.4 Å². The zero-order valence-corrected chi connectivity index (χ0v) is 12.7. The summed E-state index contributed by atoms with van der Waals surface area (Å²) in [6, 6.07) is 5.25. The van der Waals surface area contributed by atoms with E-state index in [4.69, 9.17) is 4.74 Å². The van der Waals surface area contributed by atoms with Gasteiger partial charge in [0.25, 0.3) is 5.91 Å². The van der Waals surface area contributed by atoms with Gasteiger partial charge in [0.2, 0.25) is 5.82 Å². The monoisotopic (exact) mass is 315 g/mol. The molecular formula is C15H17N5O3. The van der Waals surface area contributed by atoms with E-state index in [2.05, 4.69) is 20.5 Å². The number of anilines is 1. The lowest BCUT2D eigenvalue weighted by Gasteiger charge is -2.11. The Morgan fingerprint density at radius 2 is 2.17 bits per heavy atom. The summed E-state index contributed by atoms with van der Waals surface area (Å²) in [5.41, 5.74) is 0. The second kappa shape index (κ2) is 6.55. The van der Waals surface area contributed by atoms with Gasteiger partial charge in [-0.2, -0.15) is 0 Å². The molecular weight excluding hydrogens is 298 g/mol. The minimum Gasteiger partial charge on any atom is -0.469 e. The van der Waals surface area contributed by atoms with Crippen LogP contribution in [0.3, 0.4) is 0 Å². The molecule has 1 atom stereocenters. The predicted molar refractivity (Wildman–Crippen MR) is 80.7 cm³/mol. The molecule has 0 aromatic carbocycles. The van der Waals surface area contributed by atoms with Gasteiger partial charge in [-0.05, 0) is 25.0 Å². The number of pyridine rings is 1. The van der Waals surface area contributed by atoms with Crippen molar-refractivity contribution in [3.8, 4) is 0 Å². The van der Waals surface area contributed by atoms with Crippen molar-refractivity contribution in [3.05, 3.63) is 36.0 Å². The Hall–Kier alpha value is -2.77. The van der Waals surface area contributed by atoms with Crippen LogP contribution in [0.2, 0.25) is 0 Å². The Bertz CT molecular complexity index is 713. The van der Waals surface area contributed by atoms with Gasteiger partial charge in [-0.25, -0.2) is 4.98 Å². The van der Waals surface area contributed by atoms with Crippen LogP contribution in [0.1, 0.15) is 29.3 Å². The number of aryl methyl sites for hydroxylation is 1. The van der Waals surface area contributed by atoms with E-state index in [0.29, 0.717) is 37.4 Å². The lowest BCUT2D eigenvalue weighted by Crippen LogP contribution is -2.20. The average Bonchev–Trinajstić information content (AvgIpc) is 2.87. The molecule has 0 aliphatic carbocycles. The fraction of sp³-hybridized carbons (Fsp3) is 0.400. The molecule has 0 saturated carbocycles. The van der Waals surface area contributed by atoms with Crippen LogP contribution in [0.4, 0.5) is 5.82 Å². The molecule has 8 nitrogen and oxygen atoms in total. The highest BCUT2D eigenvalue weighted by Gasteiger charge is 2.27. The summed E-state index contributed by atoms with van der Waals surface area (Å²) >= 11 is 0. The first-order valence-electron chi connectivity index (χ1n) is 7.41. The first-order chi connectivity index (χ1) is 11.2. The van der Waals surface area contributed by atoms with Crippen molar-refractivity contribution < 1.29 is 14.3 Å². The van der Waals surface area contributed by atoms with Crippen LogP contribution in [-0.2, 0) is 22.5 Å². The smallest absolute Gasteiger partial charge is 0.308 e. The number of carbonyl (C=O) groups excluding carboxylic acids is 2. The number of carbonyl (C=O) groups is 2. The molecule has 3 rings (SSSR count). The third-order valence-electron chi connectivity index (χ3n) is 3.89. The van der Waals surface area contributed by atoms with Gasteiger partial charge in [0.15, 0.2) is 0 Å². The molecule has 2 aromatic heterocycles. The number of aromatic nitrogens is 4. The van der Waals surface area contributed by atoms with Crippen LogP contribution in [-0.4, -0.2) is 38.7 Å². The van der Waals surface area contributed by atoms with E-state index in [0.717, 1.165) is 0 Å². The number of nitrogens with zero attached hydrogens (tertiary/aromatic N) is 4. The fourth-order valence-electron chi connectivity index (χ4n) is 2.67. The number of methoxy groups -OCH3 is 1. The van der Waals surface area contributed by atoms with Crippen molar-refractivity contribution in [3.63, 3.8) is 0 Å². The van der Waals surface area contributed by atoms with Crippen LogP contribution in [0.5, 0.6) is 0 Å². The number of hydrogen-bond acceptors (Lipinski definition) is 6. The summed E-state index contributed by atoms with van der Waals surface area (Å²) in [5, 5.41) is 10.8. The number of ether oxygens (including phenoxy) is 1. The van der Waals surface area contributed by atoms with Crippen molar-refractivity contribution in [1.82, 2.24) is 19.7 Å². The van der Waals surface area contributed by atoms with E-state index in [1.165, 1.54) is 7.11 Å². The fourth-order valence-corrected chi connectivity index (χ4v) is 2.67. The zero-order valence-electron chi connectivity index (χ0n) is 12.7. The van der Waals surface area contributed by atoms with Crippen LogP contribution < -0.4 is 5.32 Å². The second-order valence-electron chi connectivity index (χ2n) is 5.31. The molecule has 120 valence electrons. The SMILES string of the molecule is COC(=O)C1CCc2nnc(C(=O)Nc3ccccn3)n2CC1. The highest BCUT2D eigenvalue weighted by atomic mass is 16.5. The van der Waals surface area contributed by atoms with E-state index >= 15 is 0 Å². The van der Waals surface area contributed by atoms with E-state index in [1.807, 2.05) is 0 Å². The number of amides is 1. The van der Waals surface area contributed by atoms with E-state index in [1.54, 1.807) is 29.0 Å². The van der Waals surface area contributed by atoms with E-state index in [9.17, 15) is 9.59 Å². The Balaban J connectivity index is 1.76. The Kier molecular flexibility index (Phi) is 4.31. The highest BCUT2D eigenvalue weighted by Crippen LogP contribution is 2.21. The number of hydrogen-bond donors (Lipinski definition) is 1. The van der Waals surface area contributed by atoms with Gasteiger partial charge in [0.1, 0.15) is 11.6 Å². The number of rotatable bonds is 3. The first kappa shape index (κ1) is 15.1. The zero-order chi connectivity index (χ0) is 16.2. The van der Waals surface area contributed by atoms with Gasteiger partial charge in [0, 0.05) is 19.2 Å². The van der Waals surface area contributed by atoms with Crippen molar-refractivity contribution in [1.29, 1.82) is 0 Å². The molecule has 1 aliphatic rings. The summed E-state index contributed by atoms with van der Waals surface area (Å²) in [6.45, 7) is 0.507. The lowest BCUT2D eigenvalue weighted by atomic mass is 10.0. The molecule has 0 radical (unpaired) electrons. The maximum atomic E-state index is 12.4. The standard InChI is InChI=1S/C15H17N5O3/c1-23-15(22)10-5-6-12-18-19-13(20(12)9-7-10)14(21)17-11-4-2-3-8-16-11/h2-4,8,10H,5-7,9H2,1H3,(H,16,17,21). The van der Waals surface area contributed by atoms with Gasteiger partial charge in [-0.15, -0.1) is 10.2 Å². The van der Waals surface area contributed by atoms with Gasteiger partial charge < -0.3 is 14.6 Å². The maximum Gasteiger partial charge on any atom is 0.308 e. The summed E-state index contributed by atoms with van der Waals surface area (Å²) in [4.78, 5) is 28.1. The van der Waals surface area contributed by atoms with Crippen LogP contribution in [0.25, 0.3) is 0 Å². The first-order valence-corrected chi connectivity index (χ1v) is 7.41. The summed E-state index contributed by atoms with van der Waals surface area (Å²) in [7, 11) is 1.39. The molecule has 1 aliphatic heterocycles. The van der Waals surface area contributed by atoms with Crippen molar-refractivity contribution >= 4 is 17.7 Å². The normalized spacial score (nSPS) is 17.0. The minimum atomic E-state index is -0.362. The quantitative estimate of drug-likeness (QED) is 0.850. The van der Waals surface area contributed by atoms with Crippen molar-refractivity contribution in [2.24, 2.45) is 5.92 Å². The number of esters is 1. The van der Waals surface area contributed by atoms with Crippen LogP contribution >= 0.6 is 0 Å². The lowest BCUT2D eigenvalue weighted by molar-refractivity contribution is -0.145. The Morgan fingerprint density at radius 3 is 2.91 bits per heavy atom. The molecule has 2 aromatic rings. The molecule has 0 saturated heterocycles. The molecule has 0 spiro atoms. The van der Waals surface area contributed by atoms with Crippen molar-refractivity contribution in [2.45, 2.75) is 25.8 Å². The third kappa shape index (κ3) is 3.20. The van der Waals surface area contributed by atoms with E-state index in [-0.39, 0.29) is 23.6 Å².